The fraction of sp³-hybridized carbons (Fsp3) is 0.333. The Balaban J connectivity index is 3.16. The number of hydrogen-bond acceptors (Lipinski definition) is 4. The highest BCUT2D eigenvalue weighted by atomic mass is 127. The number of ether oxygens (including phenoxy) is 2. The van der Waals surface area contributed by atoms with Crippen LogP contribution in [0.2, 0.25) is 0 Å². The lowest BCUT2D eigenvalue weighted by Crippen LogP contribution is -2.12. The normalized spacial score (nSPS) is 10.1. The van der Waals surface area contributed by atoms with E-state index in [2.05, 4.69) is 4.74 Å². The second kappa shape index (κ2) is 7.23. The zero-order valence-corrected chi connectivity index (χ0v) is 12.1. The summed E-state index contributed by atoms with van der Waals surface area (Å²) in [6.07, 6.45) is -0.221. The summed E-state index contributed by atoms with van der Waals surface area (Å²) in [4.78, 5) is 11.4. The molecule has 19 heavy (non-hydrogen) atoms. The van der Waals surface area contributed by atoms with E-state index in [9.17, 15) is 13.6 Å². The quantitative estimate of drug-likeness (QED) is 0.582. The highest BCUT2D eigenvalue weighted by molar-refractivity contribution is 14.1. The van der Waals surface area contributed by atoms with E-state index in [-0.39, 0.29) is 29.9 Å². The van der Waals surface area contributed by atoms with Crippen molar-refractivity contribution in [2.45, 2.75) is 20.0 Å². The first kappa shape index (κ1) is 15.6. The van der Waals surface area contributed by atoms with Gasteiger partial charge < -0.3 is 9.47 Å². The van der Waals surface area contributed by atoms with Crippen molar-refractivity contribution in [3.05, 3.63) is 26.8 Å². The van der Waals surface area contributed by atoms with Crippen molar-refractivity contribution < 1.29 is 23.0 Å². The van der Waals surface area contributed by atoms with Crippen molar-refractivity contribution in [1.29, 1.82) is 5.26 Å². The van der Waals surface area contributed by atoms with Crippen LogP contribution in [0, 0.1) is 14.9 Å². The number of halogens is 3. The molecule has 0 atom stereocenters. The molecule has 102 valence electrons. The van der Waals surface area contributed by atoms with E-state index in [1.54, 1.807) is 13.0 Å². The number of nitrogens with zero attached hydrogens (tertiary/aromatic N) is 1. The molecule has 0 bridgehead atoms. The third kappa shape index (κ3) is 4.63. The maximum Gasteiger partial charge on any atom is 0.387 e. The van der Waals surface area contributed by atoms with Crippen LogP contribution >= 0.6 is 22.6 Å². The van der Waals surface area contributed by atoms with E-state index in [4.69, 9.17) is 10.00 Å². The first-order valence-corrected chi connectivity index (χ1v) is 6.38. The van der Waals surface area contributed by atoms with Crippen molar-refractivity contribution in [2.75, 3.05) is 6.61 Å². The second-order valence-corrected chi connectivity index (χ2v) is 4.66. The summed E-state index contributed by atoms with van der Waals surface area (Å²) in [6.45, 7) is -1.23. The summed E-state index contributed by atoms with van der Waals surface area (Å²) in [6, 6.07) is 4.69. The summed E-state index contributed by atoms with van der Waals surface area (Å²) in [5.74, 6) is -0.835. The summed E-state index contributed by atoms with van der Waals surface area (Å²) < 4.78 is 34.4. The molecule has 0 unspecified atom stereocenters. The van der Waals surface area contributed by atoms with Crippen molar-refractivity contribution >= 4 is 28.6 Å². The lowest BCUT2D eigenvalue weighted by Gasteiger charge is -2.12. The molecule has 0 saturated carbocycles. The smallest absolute Gasteiger partial charge is 0.387 e. The maximum atomic E-state index is 12.4. The molecule has 0 spiro atoms. The number of carbonyl (C=O) groups is 1. The molecule has 0 N–H and O–H groups in total. The standard InChI is InChI=1S/C12H10F2INO3/c1-2-18-10(17)5-7-3-9(15)4-8(6-16)11(7)19-12(13)14/h3-4,12H,2,5H2,1H3. The number of esters is 1. The summed E-state index contributed by atoms with van der Waals surface area (Å²) in [5, 5.41) is 8.92. The monoisotopic (exact) mass is 381 g/mol. The SMILES string of the molecule is CCOC(=O)Cc1cc(I)cc(C#N)c1OC(F)F. The zero-order valence-electron chi connectivity index (χ0n) is 9.95. The van der Waals surface area contributed by atoms with Gasteiger partial charge >= 0.3 is 12.6 Å². The minimum Gasteiger partial charge on any atom is -0.466 e. The average Bonchev–Trinajstić information content (AvgIpc) is 2.31. The zero-order chi connectivity index (χ0) is 14.4. The predicted molar refractivity (Wildman–Crippen MR) is 70.8 cm³/mol. The Bertz CT molecular complexity index is 514. The van der Waals surface area contributed by atoms with Gasteiger partial charge in [0.25, 0.3) is 0 Å². The van der Waals surface area contributed by atoms with Gasteiger partial charge in [-0.3, -0.25) is 4.79 Å². The van der Waals surface area contributed by atoms with Crippen molar-refractivity contribution in [3.8, 4) is 11.8 Å². The fourth-order valence-electron chi connectivity index (χ4n) is 1.46. The molecule has 0 amide bonds. The van der Waals surface area contributed by atoms with Gasteiger partial charge in [0.2, 0.25) is 0 Å². The molecular weight excluding hydrogens is 371 g/mol. The van der Waals surface area contributed by atoms with E-state index in [1.807, 2.05) is 22.6 Å². The van der Waals surface area contributed by atoms with Gasteiger partial charge in [0.05, 0.1) is 18.6 Å². The van der Waals surface area contributed by atoms with Crippen LogP contribution in [-0.4, -0.2) is 19.2 Å². The third-order valence-electron chi connectivity index (χ3n) is 2.10. The van der Waals surface area contributed by atoms with Crippen LogP contribution in [0.5, 0.6) is 5.75 Å². The Labute approximate surface area is 122 Å². The van der Waals surface area contributed by atoms with Gasteiger partial charge in [0.15, 0.2) is 0 Å². The molecule has 7 heteroatoms. The van der Waals surface area contributed by atoms with Crippen LogP contribution in [0.25, 0.3) is 0 Å². The molecule has 0 radical (unpaired) electrons. The molecule has 0 aliphatic carbocycles. The van der Waals surface area contributed by atoms with Gasteiger partial charge in [-0.15, -0.1) is 0 Å². The van der Waals surface area contributed by atoms with Crippen LogP contribution in [0.15, 0.2) is 12.1 Å². The minimum absolute atomic E-state index is 0.0356. The molecule has 1 aromatic rings. The molecule has 0 aromatic heterocycles. The fourth-order valence-corrected chi connectivity index (χ4v) is 2.15. The molecule has 1 aromatic carbocycles. The number of rotatable bonds is 5. The van der Waals surface area contributed by atoms with Gasteiger partial charge in [-0.1, -0.05) is 0 Å². The number of benzene rings is 1. The molecule has 0 aliphatic heterocycles. The molecular formula is C12H10F2INO3. The molecule has 0 aliphatic rings. The van der Waals surface area contributed by atoms with E-state index in [0.29, 0.717) is 3.57 Å². The lowest BCUT2D eigenvalue weighted by molar-refractivity contribution is -0.142. The minimum atomic E-state index is -3.06. The van der Waals surface area contributed by atoms with Crippen molar-refractivity contribution in [1.82, 2.24) is 0 Å². The van der Waals surface area contributed by atoms with E-state index in [0.717, 1.165) is 0 Å². The van der Waals surface area contributed by atoms with Gasteiger partial charge in [-0.25, -0.2) is 0 Å². The third-order valence-corrected chi connectivity index (χ3v) is 2.72. The summed E-state index contributed by atoms with van der Waals surface area (Å²) in [5.41, 5.74) is 0.175. The van der Waals surface area contributed by atoms with Gasteiger partial charge in [-0.2, -0.15) is 14.0 Å². The lowest BCUT2D eigenvalue weighted by atomic mass is 10.1. The Morgan fingerprint density at radius 2 is 2.21 bits per heavy atom. The highest BCUT2D eigenvalue weighted by Gasteiger charge is 2.18. The number of hydrogen-bond donors (Lipinski definition) is 0. The average molecular weight is 381 g/mol. The maximum absolute atomic E-state index is 12.4. The molecule has 0 fully saturated rings. The van der Waals surface area contributed by atoms with Gasteiger partial charge in [0, 0.05) is 9.13 Å². The Hall–Kier alpha value is -1.43. The Morgan fingerprint density at radius 1 is 1.53 bits per heavy atom. The molecule has 0 saturated heterocycles. The van der Waals surface area contributed by atoms with Crippen LogP contribution in [0.3, 0.4) is 0 Å². The second-order valence-electron chi connectivity index (χ2n) is 3.41. The Morgan fingerprint density at radius 3 is 2.74 bits per heavy atom. The first-order chi connectivity index (χ1) is 8.97. The van der Waals surface area contributed by atoms with Gasteiger partial charge in [-0.05, 0) is 41.6 Å². The van der Waals surface area contributed by atoms with Crippen LogP contribution < -0.4 is 4.74 Å². The van der Waals surface area contributed by atoms with Gasteiger partial charge in [0.1, 0.15) is 11.8 Å². The van der Waals surface area contributed by atoms with Crippen LogP contribution in [0.4, 0.5) is 8.78 Å². The summed E-state index contributed by atoms with van der Waals surface area (Å²) >= 11 is 1.93. The largest absolute Gasteiger partial charge is 0.466 e. The number of carbonyl (C=O) groups excluding carboxylic acids is 1. The van der Waals surface area contributed by atoms with Crippen molar-refractivity contribution in [2.24, 2.45) is 0 Å². The van der Waals surface area contributed by atoms with E-state index >= 15 is 0 Å². The molecule has 4 nitrogen and oxygen atoms in total. The van der Waals surface area contributed by atoms with Crippen molar-refractivity contribution in [3.63, 3.8) is 0 Å². The Kier molecular flexibility index (Phi) is 5.95. The van der Waals surface area contributed by atoms with E-state index in [1.165, 1.54) is 12.1 Å². The topological polar surface area (TPSA) is 59.3 Å². The number of nitriles is 1. The predicted octanol–water partition coefficient (Wildman–Crippen LogP) is 2.87. The molecule has 1 rings (SSSR count). The highest BCUT2D eigenvalue weighted by Crippen LogP contribution is 2.28. The van der Waals surface area contributed by atoms with Crippen LogP contribution in [-0.2, 0) is 16.0 Å². The van der Waals surface area contributed by atoms with E-state index < -0.39 is 12.6 Å². The summed E-state index contributed by atoms with van der Waals surface area (Å²) in [7, 11) is 0. The molecule has 0 heterocycles. The first-order valence-electron chi connectivity index (χ1n) is 5.30. The number of alkyl halides is 2. The van der Waals surface area contributed by atoms with Crippen LogP contribution in [0.1, 0.15) is 18.1 Å².